The van der Waals surface area contributed by atoms with Crippen molar-refractivity contribution in [1.29, 1.82) is 0 Å². The van der Waals surface area contributed by atoms with Gasteiger partial charge in [-0.3, -0.25) is 9.88 Å². The van der Waals surface area contributed by atoms with Gasteiger partial charge < -0.3 is 5.32 Å². The van der Waals surface area contributed by atoms with Gasteiger partial charge in [0.15, 0.2) is 0 Å². The van der Waals surface area contributed by atoms with E-state index in [0.29, 0.717) is 12.1 Å². The Balaban J connectivity index is 2.15. The van der Waals surface area contributed by atoms with Crippen LogP contribution < -0.4 is 5.32 Å². The average molecular weight is 251 g/mol. The van der Waals surface area contributed by atoms with Crippen LogP contribution in [0.5, 0.6) is 0 Å². The summed E-state index contributed by atoms with van der Waals surface area (Å²) in [6.07, 6.45) is 3.46. The molecule has 1 unspecified atom stereocenters. The average Bonchev–Trinajstić information content (AvgIpc) is 2.30. The van der Waals surface area contributed by atoms with Gasteiger partial charge in [0.25, 0.3) is 0 Å². The summed E-state index contributed by atoms with van der Waals surface area (Å²) in [7, 11) is 0. The molecule has 18 heavy (non-hydrogen) atoms. The van der Waals surface area contributed by atoms with Crippen molar-refractivity contribution in [2.75, 3.05) is 19.6 Å². The molecule has 4 heteroatoms. The molecule has 0 bridgehead atoms. The van der Waals surface area contributed by atoms with Crippen LogP contribution in [0.2, 0.25) is 0 Å². The zero-order valence-electron chi connectivity index (χ0n) is 11.2. The number of aromatic nitrogens is 1. The monoisotopic (exact) mass is 251 g/mol. The first-order valence-corrected chi connectivity index (χ1v) is 6.84. The predicted molar refractivity (Wildman–Crippen MR) is 70.9 cm³/mol. The van der Waals surface area contributed by atoms with Crippen molar-refractivity contribution in [3.63, 3.8) is 0 Å². The normalized spacial score (nSPS) is 17.8. The number of pyridine rings is 1. The van der Waals surface area contributed by atoms with Crippen molar-refractivity contribution in [2.45, 2.75) is 38.8 Å². The molecular formula is C14H22FN3. The topological polar surface area (TPSA) is 28.2 Å². The molecule has 0 aromatic carbocycles. The molecule has 2 heterocycles. The molecule has 0 spiro atoms. The van der Waals surface area contributed by atoms with Crippen molar-refractivity contribution < 1.29 is 4.39 Å². The number of hydrogen-bond donors (Lipinski definition) is 1. The van der Waals surface area contributed by atoms with E-state index in [0.717, 1.165) is 38.2 Å². The van der Waals surface area contributed by atoms with Gasteiger partial charge in [0.1, 0.15) is 5.82 Å². The Kier molecular flexibility index (Phi) is 4.66. The number of hydrogen-bond acceptors (Lipinski definition) is 3. The first-order valence-electron chi connectivity index (χ1n) is 6.84. The molecule has 2 rings (SSSR count). The van der Waals surface area contributed by atoms with Crippen LogP contribution in [0.3, 0.4) is 0 Å². The Morgan fingerprint density at radius 1 is 1.44 bits per heavy atom. The molecule has 0 saturated carbocycles. The third-order valence-electron chi connectivity index (χ3n) is 3.59. The molecule has 1 aliphatic heterocycles. The largest absolute Gasteiger partial charge is 0.314 e. The number of nitrogens with zero attached hydrogens (tertiary/aromatic N) is 2. The van der Waals surface area contributed by atoms with Gasteiger partial charge in [0, 0.05) is 19.1 Å². The second kappa shape index (κ2) is 6.25. The Labute approximate surface area is 108 Å². The molecule has 1 aromatic heterocycles. The highest BCUT2D eigenvalue weighted by atomic mass is 19.1. The van der Waals surface area contributed by atoms with E-state index in [-0.39, 0.29) is 5.82 Å². The van der Waals surface area contributed by atoms with Crippen LogP contribution in [0.4, 0.5) is 4.39 Å². The quantitative estimate of drug-likeness (QED) is 0.841. The molecule has 0 amide bonds. The van der Waals surface area contributed by atoms with E-state index in [1.54, 1.807) is 0 Å². The molecule has 1 N–H and O–H groups in total. The molecule has 1 aliphatic rings. The molecule has 1 aromatic rings. The standard InChI is InChI=1S/C14H22FN3/c1-3-7-18(12-9-16-10-12)14(4-2)13-6-5-11(15)8-17-13/h5-6,8,12,14,16H,3-4,7,9-10H2,1-2H3. The lowest BCUT2D eigenvalue weighted by Gasteiger charge is -2.42. The fraction of sp³-hybridized carbons (Fsp3) is 0.643. The Morgan fingerprint density at radius 2 is 2.22 bits per heavy atom. The minimum absolute atomic E-state index is 0.263. The Bertz CT molecular complexity index is 362. The highest BCUT2D eigenvalue weighted by molar-refractivity contribution is 5.11. The van der Waals surface area contributed by atoms with E-state index in [1.165, 1.54) is 12.3 Å². The van der Waals surface area contributed by atoms with Gasteiger partial charge in [-0.25, -0.2) is 4.39 Å². The van der Waals surface area contributed by atoms with Crippen molar-refractivity contribution in [3.8, 4) is 0 Å². The summed E-state index contributed by atoms with van der Waals surface area (Å²) in [6, 6.07) is 4.23. The van der Waals surface area contributed by atoms with Crippen LogP contribution in [-0.4, -0.2) is 35.6 Å². The Morgan fingerprint density at radius 3 is 2.67 bits per heavy atom. The lowest BCUT2D eigenvalue weighted by Crippen LogP contribution is -2.58. The van der Waals surface area contributed by atoms with E-state index in [4.69, 9.17) is 0 Å². The van der Waals surface area contributed by atoms with E-state index < -0.39 is 0 Å². The van der Waals surface area contributed by atoms with Crippen LogP contribution in [-0.2, 0) is 0 Å². The molecule has 1 saturated heterocycles. The summed E-state index contributed by atoms with van der Waals surface area (Å²) in [4.78, 5) is 6.77. The van der Waals surface area contributed by atoms with Gasteiger partial charge in [-0.05, 0) is 31.5 Å². The fourth-order valence-corrected chi connectivity index (χ4v) is 2.56. The van der Waals surface area contributed by atoms with Crippen molar-refractivity contribution >= 4 is 0 Å². The van der Waals surface area contributed by atoms with Gasteiger partial charge in [-0.15, -0.1) is 0 Å². The maximum Gasteiger partial charge on any atom is 0.141 e. The molecule has 0 radical (unpaired) electrons. The maximum atomic E-state index is 13.0. The lowest BCUT2D eigenvalue weighted by molar-refractivity contribution is 0.0894. The van der Waals surface area contributed by atoms with Crippen LogP contribution in [0.1, 0.15) is 38.4 Å². The second-order valence-electron chi connectivity index (χ2n) is 4.88. The third kappa shape index (κ3) is 2.87. The zero-order chi connectivity index (χ0) is 13.0. The lowest BCUT2D eigenvalue weighted by atomic mass is 10.0. The van der Waals surface area contributed by atoms with E-state index >= 15 is 0 Å². The summed E-state index contributed by atoms with van der Waals surface area (Å²) >= 11 is 0. The summed E-state index contributed by atoms with van der Waals surface area (Å²) < 4.78 is 13.0. The van der Waals surface area contributed by atoms with Crippen molar-refractivity contribution in [2.24, 2.45) is 0 Å². The van der Waals surface area contributed by atoms with Gasteiger partial charge in [0.2, 0.25) is 0 Å². The second-order valence-corrected chi connectivity index (χ2v) is 4.88. The first kappa shape index (κ1) is 13.4. The third-order valence-corrected chi connectivity index (χ3v) is 3.59. The maximum absolute atomic E-state index is 13.0. The molecule has 3 nitrogen and oxygen atoms in total. The van der Waals surface area contributed by atoms with Crippen LogP contribution >= 0.6 is 0 Å². The van der Waals surface area contributed by atoms with Crippen LogP contribution in [0.25, 0.3) is 0 Å². The summed E-state index contributed by atoms with van der Waals surface area (Å²) in [5.41, 5.74) is 0.985. The molecule has 100 valence electrons. The summed E-state index contributed by atoms with van der Waals surface area (Å²) in [5, 5.41) is 3.32. The van der Waals surface area contributed by atoms with Crippen molar-refractivity contribution in [3.05, 3.63) is 29.8 Å². The molecular weight excluding hydrogens is 229 g/mol. The smallest absolute Gasteiger partial charge is 0.141 e. The van der Waals surface area contributed by atoms with Crippen LogP contribution in [0.15, 0.2) is 18.3 Å². The number of halogens is 1. The van der Waals surface area contributed by atoms with Crippen molar-refractivity contribution in [1.82, 2.24) is 15.2 Å². The highest BCUT2D eigenvalue weighted by Gasteiger charge is 2.30. The number of rotatable bonds is 6. The van der Waals surface area contributed by atoms with E-state index in [2.05, 4.69) is 29.0 Å². The molecule has 1 atom stereocenters. The van der Waals surface area contributed by atoms with Crippen LogP contribution in [0, 0.1) is 5.82 Å². The zero-order valence-corrected chi connectivity index (χ0v) is 11.2. The van der Waals surface area contributed by atoms with Gasteiger partial charge in [-0.2, -0.15) is 0 Å². The molecule has 1 fully saturated rings. The minimum atomic E-state index is -0.263. The number of nitrogens with one attached hydrogen (secondary N) is 1. The van der Waals surface area contributed by atoms with Gasteiger partial charge in [-0.1, -0.05) is 13.8 Å². The minimum Gasteiger partial charge on any atom is -0.314 e. The summed E-state index contributed by atoms with van der Waals surface area (Å²) in [6.45, 7) is 7.55. The predicted octanol–water partition coefficient (Wildman–Crippen LogP) is 2.36. The molecule has 0 aliphatic carbocycles. The highest BCUT2D eigenvalue weighted by Crippen LogP contribution is 2.26. The first-order chi connectivity index (χ1) is 8.76. The van der Waals surface area contributed by atoms with Gasteiger partial charge >= 0.3 is 0 Å². The van der Waals surface area contributed by atoms with Gasteiger partial charge in [0.05, 0.1) is 17.9 Å². The Hall–Kier alpha value is -1.00. The SMILES string of the molecule is CCCN(C1CNC1)C(CC)c1ccc(F)cn1. The summed E-state index contributed by atoms with van der Waals surface area (Å²) in [5.74, 6) is -0.263. The van der Waals surface area contributed by atoms with E-state index in [1.807, 2.05) is 6.07 Å². The van der Waals surface area contributed by atoms with E-state index in [9.17, 15) is 4.39 Å². The fourth-order valence-electron chi connectivity index (χ4n) is 2.56.